The van der Waals surface area contributed by atoms with Crippen LogP contribution >= 0.6 is 15.9 Å². The molecule has 0 spiro atoms. The molecule has 1 aliphatic heterocycles. The summed E-state index contributed by atoms with van der Waals surface area (Å²) in [7, 11) is -0.450. The molecule has 0 N–H and O–H groups in total. The minimum Gasteiger partial charge on any atom is -0.456 e. The molecule has 1 saturated heterocycles. The predicted octanol–water partition coefficient (Wildman–Crippen LogP) is 25.0. The molecule has 6 aromatic heterocycles. The van der Waals surface area contributed by atoms with Crippen molar-refractivity contribution in [2.45, 2.75) is 38.9 Å². The van der Waals surface area contributed by atoms with Gasteiger partial charge in [-0.15, -0.1) is 0 Å². The van der Waals surface area contributed by atoms with Gasteiger partial charge in [-0.05, 0) is 148 Å². The van der Waals surface area contributed by atoms with Crippen LogP contribution in [0.2, 0.25) is 0 Å². The van der Waals surface area contributed by atoms with E-state index in [0.717, 1.165) is 98.6 Å². The van der Waals surface area contributed by atoms with Gasteiger partial charge in [-0.25, -0.2) is 0 Å². The second-order valence-electron chi connectivity index (χ2n) is 27.9. The van der Waals surface area contributed by atoms with Crippen molar-refractivity contribution in [3.8, 4) is 56.1 Å². The summed E-state index contributed by atoms with van der Waals surface area (Å²) < 4.78 is 36.3. The normalized spacial score (nSPS) is 13.5. The Morgan fingerprint density at radius 3 is 1.10 bits per heavy atom. The van der Waals surface area contributed by atoms with Crippen molar-refractivity contribution in [1.82, 2.24) is 18.3 Å². The number of aromatic nitrogens is 4. The van der Waals surface area contributed by atoms with E-state index in [1.54, 1.807) is 0 Å². The molecule has 0 unspecified atom stereocenters. The maximum absolute atomic E-state index is 6.79. The molecular formula is C94H68BBrN4O4. The number of nitrogens with zero attached hydrogens (tertiary/aromatic N) is 4. The topological polar surface area (TPSA) is 64.5 Å². The van der Waals surface area contributed by atoms with Gasteiger partial charge < -0.3 is 36.4 Å². The van der Waals surface area contributed by atoms with Gasteiger partial charge in [0.2, 0.25) is 0 Å². The maximum Gasteiger partial charge on any atom is 0.498 e. The van der Waals surface area contributed by atoms with Gasteiger partial charge >= 0.3 is 7.12 Å². The van der Waals surface area contributed by atoms with Crippen molar-refractivity contribution < 1.29 is 18.1 Å². The molecule has 1 fully saturated rings. The number of para-hydroxylation sites is 8. The Kier molecular flexibility index (Phi) is 15.2. The van der Waals surface area contributed by atoms with Gasteiger partial charge in [0.05, 0.1) is 44.3 Å². The first-order chi connectivity index (χ1) is 51.0. The average Bonchev–Trinajstić information content (AvgIpc) is 1.58. The van der Waals surface area contributed by atoms with Crippen LogP contribution in [0.3, 0.4) is 0 Å². The molecule has 0 saturated carbocycles. The minimum atomic E-state index is -0.450. The monoisotopic (exact) mass is 1410 g/mol. The highest BCUT2D eigenvalue weighted by Crippen LogP contribution is 2.46. The van der Waals surface area contributed by atoms with Gasteiger partial charge in [0.25, 0.3) is 0 Å². The third-order valence-corrected chi connectivity index (χ3v) is 21.8. The van der Waals surface area contributed by atoms with Gasteiger partial charge in [-0.3, -0.25) is 0 Å². The van der Waals surface area contributed by atoms with E-state index in [1.165, 1.54) is 76.8 Å². The Morgan fingerprint density at radius 1 is 0.279 bits per heavy atom. The molecule has 1 aliphatic rings. The van der Waals surface area contributed by atoms with Crippen LogP contribution in [0.4, 0.5) is 0 Å². The van der Waals surface area contributed by atoms with E-state index in [0.29, 0.717) is 0 Å². The maximum atomic E-state index is 6.79. The number of halogens is 1. The zero-order valence-corrected chi connectivity index (χ0v) is 59.3. The van der Waals surface area contributed by atoms with Crippen LogP contribution in [-0.2, 0) is 9.31 Å². The van der Waals surface area contributed by atoms with E-state index in [-0.39, 0.29) is 11.2 Å². The quantitative estimate of drug-likeness (QED) is 0.142. The van der Waals surface area contributed by atoms with Gasteiger partial charge in [0.1, 0.15) is 22.3 Å². The molecule has 14 aromatic carbocycles. The number of rotatable bonds is 8. The third kappa shape index (κ3) is 10.4. The Morgan fingerprint density at radius 2 is 0.644 bits per heavy atom. The Hall–Kier alpha value is -12.2. The summed E-state index contributed by atoms with van der Waals surface area (Å²) in [6, 6.07) is 116. The van der Waals surface area contributed by atoms with Gasteiger partial charge in [-0.2, -0.15) is 0 Å². The number of hydrogen-bond donors (Lipinski definition) is 0. The molecule has 0 radical (unpaired) electrons. The van der Waals surface area contributed by atoms with Crippen LogP contribution in [0.5, 0.6) is 0 Å². The predicted molar refractivity (Wildman–Crippen MR) is 436 cm³/mol. The van der Waals surface area contributed by atoms with Gasteiger partial charge in [-0.1, -0.05) is 240 Å². The summed E-state index contributed by atoms with van der Waals surface area (Å²) >= 11 is 3.65. The minimum absolute atomic E-state index is 0.388. The summed E-state index contributed by atoms with van der Waals surface area (Å²) in [5.74, 6) is 0. The van der Waals surface area contributed by atoms with Crippen molar-refractivity contribution in [3.63, 3.8) is 0 Å². The summed E-state index contributed by atoms with van der Waals surface area (Å²) in [6.45, 7) is 8.27. The van der Waals surface area contributed by atoms with Crippen molar-refractivity contribution >= 4 is 138 Å². The smallest absolute Gasteiger partial charge is 0.456 e. The van der Waals surface area contributed by atoms with E-state index in [2.05, 4.69) is 372 Å². The molecular weight excluding hydrogens is 1340 g/mol. The highest BCUT2D eigenvalue weighted by atomic mass is 79.9. The van der Waals surface area contributed by atoms with Gasteiger partial charge in [0.15, 0.2) is 0 Å². The molecule has 10 heteroatoms. The Balaban J connectivity index is 0.000000113. The van der Waals surface area contributed by atoms with Crippen molar-refractivity contribution in [2.24, 2.45) is 0 Å². The fraction of sp³-hybridized carbons (Fsp3) is 0.0638. The van der Waals surface area contributed by atoms with E-state index in [9.17, 15) is 0 Å². The van der Waals surface area contributed by atoms with Crippen LogP contribution in [0.15, 0.2) is 353 Å². The molecule has 0 amide bonds. The highest BCUT2D eigenvalue weighted by molar-refractivity contribution is 9.10. The molecule has 8 nitrogen and oxygen atoms in total. The van der Waals surface area contributed by atoms with Crippen LogP contribution < -0.4 is 5.46 Å². The molecule has 7 heterocycles. The largest absolute Gasteiger partial charge is 0.498 e. The fourth-order valence-electron chi connectivity index (χ4n) is 15.6. The first-order valence-electron chi connectivity index (χ1n) is 35.4. The highest BCUT2D eigenvalue weighted by Gasteiger charge is 2.52. The lowest BCUT2D eigenvalue weighted by atomic mass is 9.78. The zero-order valence-electron chi connectivity index (χ0n) is 57.7. The Labute approximate surface area is 609 Å². The molecule has 0 aliphatic carbocycles. The summed E-state index contributed by atoms with van der Waals surface area (Å²) in [5.41, 5.74) is 22.4. The van der Waals surface area contributed by atoms with Crippen molar-refractivity contribution in [3.05, 3.63) is 344 Å². The molecule has 0 bridgehead atoms. The van der Waals surface area contributed by atoms with E-state index >= 15 is 0 Å². The first kappa shape index (κ1) is 62.8. The van der Waals surface area contributed by atoms with E-state index in [1.807, 2.05) is 30.3 Å². The van der Waals surface area contributed by atoms with E-state index in [4.69, 9.17) is 18.1 Å². The lowest BCUT2D eigenvalue weighted by Gasteiger charge is -2.32. The second-order valence-corrected chi connectivity index (χ2v) is 28.8. The Bertz CT molecular complexity index is 6660. The molecule has 20 aromatic rings. The summed E-state index contributed by atoms with van der Waals surface area (Å²) in [6.07, 6.45) is 4.35. The summed E-state index contributed by atoms with van der Waals surface area (Å²) in [4.78, 5) is 0. The second kappa shape index (κ2) is 25.1. The molecule has 498 valence electrons. The summed E-state index contributed by atoms with van der Waals surface area (Å²) in [5, 5.41) is 11.9. The van der Waals surface area contributed by atoms with Crippen LogP contribution in [0.1, 0.15) is 27.7 Å². The fourth-order valence-corrected chi connectivity index (χ4v) is 16.0. The van der Waals surface area contributed by atoms with Crippen molar-refractivity contribution in [2.75, 3.05) is 0 Å². The number of benzene rings is 14. The number of furan rings is 2. The molecule has 21 rings (SSSR count). The van der Waals surface area contributed by atoms with E-state index < -0.39 is 7.12 Å². The number of fused-ring (bicyclic) bond motifs is 16. The van der Waals surface area contributed by atoms with Crippen LogP contribution in [0, 0.1) is 0 Å². The molecule has 104 heavy (non-hydrogen) atoms. The zero-order chi connectivity index (χ0) is 69.8. The van der Waals surface area contributed by atoms with Crippen LogP contribution in [0.25, 0.3) is 165 Å². The lowest BCUT2D eigenvalue weighted by Crippen LogP contribution is -2.41. The van der Waals surface area contributed by atoms with Gasteiger partial charge in [0, 0.05) is 116 Å². The standard InChI is InChI=1S/C44H28N2O.C26H17BrN2.C24H23BO3/c1-4-12-29(13-5-1)33-18-10-20-36-37-21-11-19-34(44(37)47-43(33)36)30-22-24-41-39(28-30)35-23-25-40-38(26-27-45(40)31-14-6-2-7-15-31)42(35)46(41)32-16-8-3-9-17-32;27-18-11-13-25-23(17-18)21-12-14-24-22(15-16-28(24)19-7-3-1-4-8-19)26(21)29(25)20-9-5-2-6-10-20;1-23(2)24(3,4)28-25(27-23)20-15-9-14-19-18-13-8-12-17(21(18)26-22(19)20)16-10-6-5-7-11-16/h1-28H;1-17H;5-15H,1-4H3. The first-order valence-corrected chi connectivity index (χ1v) is 36.2. The SMILES string of the molecule is Brc1ccc2c(c1)c1ccc3c(ccn3-c3ccccc3)c1n2-c1ccccc1.CC1(C)OB(c2cccc3c2oc2c(-c4ccccc4)cccc23)OC1(C)C.c1ccc(-c2cccc3c2oc2c(-c4ccc5c(c4)c4ccc6c(ccn6-c6ccccc6)c4n5-c4ccccc4)cccc23)cc1. The average molecular weight is 1410 g/mol. The lowest BCUT2D eigenvalue weighted by molar-refractivity contribution is 0.00578. The van der Waals surface area contributed by atoms with Crippen molar-refractivity contribution in [1.29, 1.82) is 0 Å². The van der Waals surface area contributed by atoms with Crippen LogP contribution in [-0.4, -0.2) is 36.6 Å². The third-order valence-electron chi connectivity index (χ3n) is 21.3. The molecule has 0 atom stereocenters. The number of hydrogen-bond acceptors (Lipinski definition) is 4.